The largest absolute Gasteiger partial charge is 0.379 e. The number of hydrogen-bond acceptors (Lipinski definition) is 4. The number of H-pyrrole nitrogens is 1. The van der Waals surface area contributed by atoms with Crippen LogP contribution in [0.1, 0.15) is 16.8 Å². The molecule has 5 heteroatoms. The van der Waals surface area contributed by atoms with Crippen LogP contribution in [0.4, 0.5) is 0 Å². The second kappa shape index (κ2) is 8.95. The Morgan fingerprint density at radius 1 is 0.964 bits per heavy atom. The van der Waals surface area contributed by atoms with Crippen LogP contribution in [-0.4, -0.2) is 41.2 Å². The van der Waals surface area contributed by atoms with Gasteiger partial charge in [0.1, 0.15) is 5.82 Å². The van der Waals surface area contributed by atoms with Gasteiger partial charge in [0.05, 0.1) is 13.2 Å². The van der Waals surface area contributed by atoms with E-state index in [1.165, 1.54) is 11.1 Å². The number of nitrogens with one attached hydrogen (secondary N) is 1. The minimum Gasteiger partial charge on any atom is -0.379 e. The van der Waals surface area contributed by atoms with E-state index in [-0.39, 0.29) is 5.56 Å². The molecule has 0 aliphatic carbocycles. The summed E-state index contributed by atoms with van der Waals surface area (Å²) in [4.78, 5) is 22.4. The first-order valence-corrected chi connectivity index (χ1v) is 9.80. The molecule has 5 nitrogen and oxygen atoms in total. The Balaban J connectivity index is 1.57. The van der Waals surface area contributed by atoms with Gasteiger partial charge in [-0.3, -0.25) is 9.69 Å². The quantitative estimate of drug-likeness (QED) is 0.719. The number of hydrogen-bond donors (Lipinski definition) is 1. The Hall–Kier alpha value is -2.76. The molecule has 0 amide bonds. The number of morpholine rings is 1. The van der Waals surface area contributed by atoms with E-state index in [2.05, 4.69) is 28.1 Å². The Morgan fingerprint density at radius 2 is 1.71 bits per heavy atom. The summed E-state index contributed by atoms with van der Waals surface area (Å²) in [5.74, 6) is 0.652. The minimum atomic E-state index is -0.103. The highest BCUT2D eigenvalue weighted by Crippen LogP contribution is 2.22. The van der Waals surface area contributed by atoms with Crippen molar-refractivity contribution in [3.8, 4) is 11.4 Å². The molecule has 2 heterocycles. The molecule has 1 aliphatic rings. The first-order valence-electron chi connectivity index (χ1n) is 9.80. The lowest BCUT2D eigenvalue weighted by atomic mass is 10.1. The third-order valence-electron chi connectivity index (χ3n) is 5.08. The molecule has 3 aromatic rings. The molecule has 1 N–H and O–H groups in total. The lowest BCUT2D eigenvalue weighted by molar-refractivity contribution is 0.0342. The minimum absolute atomic E-state index is 0.103. The average Bonchev–Trinajstić information content (AvgIpc) is 2.74. The molecule has 28 heavy (non-hydrogen) atoms. The lowest BCUT2D eigenvalue weighted by Gasteiger charge is -2.27. The van der Waals surface area contributed by atoms with Crippen LogP contribution in [0.5, 0.6) is 0 Å². The maximum atomic E-state index is 12.3. The van der Waals surface area contributed by atoms with Gasteiger partial charge >= 0.3 is 0 Å². The monoisotopic (exact) mass is 375 g/mol. The molecular formula is C23H25N3O2. The zero-order chi connectivity index (χ0) is 19.2. The molecule has 0 saturated carbocycles. The maximum Gasteiger partial charge on any atom is 0.251 e. The number of benzene rings is 2. The second-order valence-corrected chi connectivity index (χ2v) is 7.12. The molecular weight excluding hydrogens is 350 g/mol. The van der Waals surface area contributed by atoms with Crippen molar-refractivity contribution in [1.82, 2.24) is 14.9 Å². The third-order valence-corrected chi connectivity index (χ3v) is 5.08. The number of ether oxygens (including phenoxy) is 1. The molecule has 0 radical (unpaired) electrons. The summed E-state index contributed by atoms with van der Waals surface area (Å²) in [6.45, 7) is 4.22. The van der Waals surface area contributed by atoms with Crippen LogP contribution in [0.15, 0.2) is 65.5 Å². The number of aromatic nitrogens is 2. The second-order valence-electron chi connectivity index (χ2n) is 7.12. The summed E-state index contributed by atoms with van der Waals surface area (Å²) in [6.07, 6.45) is 1.61. The first kappa shape index (κ1) is 18.6. The highest BCUT2D eigenvalue weighted by Gasteiger charge is 2.15. The predicted octanol–water partition coefficient (Wildman–Crippen LogP) is 3.05. The molecule has 1 aliphatic heterocycles. The summed E-state index contributed by atoms with van der Waals surface area (Å²) in [5.41, 5.74) is 4.14. The zero-order valence-corrected chi connectivity index (χ0v) is 15.9. The van der Waals surface area contributed by atoms with E-state index in [4.69, 9.17) is 9.72 Å². The smallest absolute Gasteiger partial charge is 0.251 e. The van der Waals surface area contributed by atoms with Crippen molar-refractivity contribution in [1.29, 1.82) is 0 Å². The van der Waals surface area contributed by atoms with Crippen LogP contribution in [0.2, 0.25) is 0 Å². The number of nitrogens with zero attached hydrogens (tertiary/aromatic N) is 2. The molecule has 0 atom stereocenters. The highest BCUT2D eigenvalue weighted by atomic mass is 16.5. The first-order chi connectivity index (χ1) is 13.8. The van der Waals surface area contributed by atoms with Crippen molar-refractivity contribution in [2.75, 3.05) is 26.3 Å². The van der Waals surface area contributed by atoms with Gasteiger partial charge in [0.25, 0.3) is 5.56 Å². The molecule has 1 fully saturated rings. The molecule has 0 unspecified atom stereocenters. The van der Waals surface area contributed by atoms with E-state index in [9.17, 15) is 4.79 Å². The Morgan fingerprint density at radius 3 is 2.54 bits per heavy atom. The SMILES string of the molecule is O=c1cc(CCc2ccccc2)nc(-c2ccccc2CN2CCOCC2)[nH]1. The van der Waals surface area contributed by atoms with Gasteiger partial charge in [-0.2, -0.15) is 0 Å². The van der Waals surface area contributed by atoms with Gasteiger partial charge in [0, 0.05) is 37.0 Å². The standard InChI is InChI=1S/C23H25N3O2/c27-22-16-20(11-10-18-6-2-1-3-7-18)24-23(25-22)21-9-5-4-8-19(21)17-26-12-14-28-15-13-26/h1-9,16H,10-15,17H2,(H,24,25,27). The van der Waals surface area contributed by atoms with E-state index in [1.807, 2.05) is 36.4 Å². The van der Waals surface area contributed by atoms with Crippen LogP contribution in [-0.2, 0) is 24.1 Å². The number of rotatable bonds is 6. The van der Waals surface area contributed by atoms with Crippen molar-refractivity contribution in [3.63, 3.8) is 0 Å². The van der Waals surface area contributed by atoms with Crippen LogP contribution in [0.25, 0.3) is 11.4 Å². The third kappa shape index (κ3) is 4.74. The fourth-order valence-electron chi connectivity index (χ4n) is 3.57. The topological polar surface area (TPSA) is 58.2 Å². The van der Waals surface area contributed by atoms with Gasteiger partial charge in [0.15, 0.2) is 0 Å². The van der Waals surface area contributed by atoms with Crippen LogP contribution < -0.4 is 5.56 Å². The van der Waals surface area contributed by atoms with E-state index in [1.54, 1.807) is 6.07 Å². The van der Waals surface area contributed by atoms with Gasteiger partial charge in [-0.05, 0) is 24.0 Å². The molecule has 0 bridgehead atoms. The van der Waals surface area contributed by atoms with Gasteiger partial charge < -0.3 is 9.72 Å². The van der Waals surface area contributed by atoms with Crippen molar-refractivity contribution < 1.29 is 4.74 Å². The molecule has 144 valence electrons. The molecule has 4 rings (SSSR count). The van der Waals surface area contributed by atoms with Crippen LogP contribution in [0.3, 0.4) is 0 Å². The summed E-state index contributed by atoms with van der Waals surface area (Å²) < 4.78 is 5.45. The fourth-order valence-corrected chi connectivity index (χ4v) is 3.57. The van der Waals surface area contributed by atoms with Gasteiger partial charge in [-0.25, -0.2) is 4.98 Å². The number of aromatic amines is 1. The van der Waals surface area contributed by atoms with E-state index >= 15 is 0 Å². The lowest BCUT2D eigenvalue weighted by Crippen LogP contribution is -2.35. The van der Waals surface area contributed by atoms with Crippen molar-refractivity contribution in [2.45, 2.75) is 19.4 Å². The summed E-state index contributed by atoms with van der Waals surface area (Å²) in [6, 6.07) is 20.1. The fraction of sp³-hybridized carbons (Fsp3) is 0.304. The van der Waals surface area contributed by atoms with Gasteiger partial charge in [-0.1, -0.05) is 54.6 Å². The molecule has 2 aromatic carbocycles. The molecule has 1 saturated heterocycles. The summed E-state index contributed by atoms with van der Waals surface area (Å²) in [7, 11) is 0. The Kier molecular flexibility index (Phi) is 5.95. The Bertz CT molecular complexity index is 963. The maximum absolute atomic E-state index is 12.3. The van der Waals surface area contributed by atoms with Crippen molar-refractivity contribution in [3.05, 3.63) is 87.8 Å². The highest BCUT2D eigenvalue weighted by molar-refractivity contribution is 5.60. The Labute approximate surface area is 165 Å². The summed E-state index contributed by atoms with van der Waals surface area (Å²) in [5, 5.41) is 0. The zero-order valence-electron chi connectivity index (χ0n) is 15.9. The normalized spacial score (nSPS) is 14.9. The summed E-state index contributed by atoms with van der Waals surface area (Å²) >= 11 is 0. The van der Waals surface area contributed by atoms with Crippen LogP contribution >= 0.6 is 0 Å². The van der Waals surface area contributed by atoms with Crippen LogP contribution in [0, 0.1) is 0 Å². The van der Waals surface area contributed by atoms with E-state index in [0.29, 0.717) is 5.82 Å². The van der Waals surface area contributed by atoms with Gasteiger partial charge in [0.2, 0.25) is 0 Å². The van der Waals surface area contributed by atoms with Crippen molar-refractivity contribution in [2.24, 2.45) is 0 Å². The van der Waals surface area contributed by atoms with Crippen molar-refractivity contribution >= 4 is 0 Å². The average molecular weight is 375 g/mol. The molecule has 1 aromatic heterocycles. The van der Waals surface area contributed by atoms with E-state index < -0.39 is 0 Å². The predicted molar refractivity (Wildman–Crippen MR) is 110 cm³/mol. The molecule has 0 spiro atoms. The number of aryl methyl sites for hydroxylation is 2. The van der Waals surface area contributed by atoms with E-state index in [0.717, 1.165) is 56.9 Å². The van der Waals surface area contributed by atoms with Gasteiger partial charge in [-0.15, -0.1) is 0 Å².